The summed E-state index contributed by atoms with van der Waals surface area (Å²) >= 11 is 0. The van der Waals surface area contributed by atoms with Crippen LogP contribution in [0.15, 0.2) is 33.8 Å². The summed E-state index contributed by atoms with van der Waals surface area (Å²) < 4.78 is 5.21. The fraction of sp³-hybridized carbons (Fsp3) is 0.333. The molecule has 2 amide bonds. The molecular weight excluding hydrogens is 282 g/mol. The quantitative estimate of drug-likeness (QED) is 0.939. The van der Waals surface area contributed by atoms with Crippen LogP contribution in [0.25, 0.3) is 0 Å². The second-order valence-electron chi connectivity index (χ2n) is 5.16. The van der Waals surface area contributed by atoms with Gasteiger partial charge in [-0.05, 0) is 12.5 Å². The molecule has 0 fully saturated rings. The summed E-state index contributed by atoms with van der Waals surface area (Å²) in [5, 5.41) is 16.1. The van der Waals surface area contributed by atoms with E-state index in [1.165, 1.54) is 10.6 Å². The van der Waals surface area contributed by atoms with E-state index >= 15 is 0 Å². The monoisotopic (exact) mass is 299 g/mol. The van der Waals surface area contributed by atoms with Crippen LogP contribution in [0.5, 0.6) is 0 Å². The number of hydrazone groups is 1. The summed E-state index contributed by atoms with van der Waals surface area (Å²) in [6.45, 7) is 4.51. The van der Waals surface area contributed by atoms with Gasteiger partial charge < -0.3 is 9.73 Å². The van der Waals surface area contributed by atoms with Crippen molar-refractivity contribution in [1.29, 1.82) is 0 Å². The number of amides is 2. The molecule has 0 bridgehead atoms. The molecule has 0 unspecified atom stereocenters. The van der Waals surface area contributed by atoms with Crippen LogP contribution in [0.2, 0.25) is 0 Å². The van der Waals surface area contributed by atoms with Gasteiger partial charge in [0, 0.05) is 13.3 Å². The number of nitrogens with zero attached hydrogens (tertiary/aromatic N) is 4. The third-order valence-electron chi connectivity index (χ3n) is 3.38. The van der Waals surface area contributed by atoms with Crippen LogP contribution < -0.4 is 5.32 Å². The highest BCUT2D eigenvalue weighted by Gasteiger charge is 2.21. The molecule has 1 aliphatic rings. The number of carbonyl (C=O) groups is 1. The summed E-state index contributed by atoms with van der Waals surface area (Å²) in [5.74, 6) is 0.859. The molecule has 0 saturated heterocycles. The molecule has 2 aromatic rings. The Morgan fingerprint density at radius 1 is 1.27 bits per heavy atom. The number of carbonyl (C=O) groups excluding carboxylic acids is 1. The Hall–Kier alpha value is -2.70. The molecule has 1 aromatic carbocycles. The third-order valence-corrected chi connectivity index (χ3v) is 3.38. The van der Waals surface area contributed by atoms with Gasteiger partial charge in [-0.25, -0.2) is 9.80 Å². The van der Waals surface area contributed by atoms with Crippen molar-refractivity contribution >= 4 is 11.7 Å². The van der Waals surface area contributed by atoms with Crippen LogP contribution >= 0.6 is 0 Å². The Morgan fingerprint density at radius 2 is 2.05 bits per heavy atom. The van der Waals surface area contributed by atoms with Gasteiger partial charge in [0.25, 0.3) is 0 Å². The molecule has 1 aliphatic heterocycles. The third kappa shape index (κ3) is 3.13. The average molecular weight is 299 g/mol. The van der Waals surface area contributed by atoms with E-state index in [-0.39, 0.29) is 12.6 Å². The Morgan fingerprint density at radius 3 is 2.73 bits per heavy atom. The van der Waals surface area contributed by atoms with E-state index in [0.717, 1.165) is 17.7 Å². The topological polar surface area (TPSA) is 83.6 Å². The van der Waals surface area contributed by atoms with Crippen molar-refractivity contribution in [2.24, 2.45) is 5.10 Å². The molecule has 1 N–H and O–H groups in total. The summed E-state index contributed by atoms with van der Waals surface area (Å²) in [5.41, 5.74) is 3.17. The highest BCUT2D eigenvalue weighted by Crippen LogP contribution is 2.14. The minimum absolute atomic E-state index is 0.200. The number of hydrogen-bond donors (Lipinski definition) is 1. The van der Waals surface area contributed by atoms with Crippen LogP contribution in [0.3, 0.4) is 0 Å². The van der Waals surface area contributed by atoms with Crippen LogP contribution in [0.1, 0.15) is 29.3 Å². The van der Waals surface area contributed by atoms with Gasteiger partial charge >= 0.3 is 6.03 Å². The van der Waals surface area contributed by atoms with E-state index in [1.54, 1.807) is 6.92 Å². The van der Waals surface area contributed by atoms with Crippen LogP contribution in [0.4, 0.5) is 4.79 Å². The molecule has 7 nitrogen and oxygen atoms in total. The lowest BCUT2D eigenvalue weighted by atomic mass is 10.1. The molecular formula is C15H17N5O2. The highest BCUT2D eigenvalue weighted by molar-refractivity contribution is 6.02. The molecule has 1 aromatic heterocycles. The van der Waals surface area contributed by atoms with Crippen LogP contribution in [-0.4, -0.2) is 33.5 Å². The predicted octanol–water partition coefficient (Wildman–Crippen LogP) is 2.01. The standard InChI is InChI=1S/C15H17N5O2/c1-10-3-5-12(6-4-10)13-7-8-20(19-13)15(21)16-9-14-18-17-11(2)22-14/h3-6H,7-9H2,1-2H3,(H,16,21). The summed E-state index contributed by atoms with van der Waals surface area (Å²) in [6.07, 6.45) is 0.746. The van der Waals surface area contributed by atoms with Crippen molar-refractivity contribution in [3.05, 3.63) is 47.2 Å². The lowest BCUT2D eigenvalue weighted by molar-refractivity contribution is 0.203. The van der Waals surface area contributed by atoms with Gasteiger partial charge in [0.2, 0.25) is 11.8 Å². The van der Waals surface area contributed by atoms with E-state index < -0.39 is 0 Å². The van der Waals surface area contributed by atoms with Crippen molar-refractivity contribution in [3.8, 4) is 0 Å². The first kappa shape index (κ1) is 14.2. The maximum absolute atomic E-state index is 12.1. The van der Waals surface area contributed by atoms with Gasteiger partial charge in [0.1, 0.15) is 0 Å². The van der Waals surface area contributed by atoms with Gasteiger partial charge in [-0.15, -0.1) is 10.2 Å². The fourth-order valence-electron chi connectivity index (χ4n) is 2.20. The molecule has 0 atom stereocenters. The summed E-state index contributed by atoms with van der Waals surface area (Å²) in [4.78, 5) is 12.1. The molecule has 114 valence electrons. The van der Waals surface area contributed by atoms with E-state index in [1.807, 2.05) is 31.2 Å². The van der Waals surface area contributed by atoms with Gasteiger partial charge in [0.15, 0.2) is 0 Å². The van der Waals surface area contributed by atoms with Crippen molar-refractivity contribution in [2.45, 2.75) is 26.8 Å². The first-order chi connectivity index (χ1) is 10.6. The number of hydrogen-bond acceptors (Lipinski definition) is 5. The number of benzene rings is 1. The van der Waals surface area contributed by atoms with E-state index in [2.05, 4.69) is 20.6 Å². The van der Waals surface area contributed by atoms with Gasteiger partial charge in [-0.2, -0.15) is 5.10 Å². The molecule has 0 saturated carbocycles. The van der Waals surface area contributed by atoms with Gasteiger partial charge in [-0.1, -0.05) is 29.8 Å². The number of aromatic nitrogens is 2. The van der Waals surface area contributed by atoms with Gasteiger partial charge in [0.05, 0.1) is 18.8 Å². The smallest absolute Gasteiger partial charge is 0.338 e. The van der Waals surface area contributed by atoms with Crippen molar-refractivity contribution in [2.75, 3.05) is 6.54 Å². The van der Waals surface area contributed by atoms with Gasteiger partial charge in [-0.3, -0.25) is 0 Å². The number of nitrogens with one attached hydrogen (secondary N) is 1. The normalized spacial score (nSPS) is 14.1. The predicted molar refractivity (Wildman–Crippen MR) is 80.3 cm³/mol. The first-order valence-corrected chi connectivity index (χ1v) is 7.11. The zero-order valence-electron chi connectivity index (χ0n) is 12.5. The van der Waals surface area contributed by atoms with Crippen molar-refractivity contribution in [1.82, 2.24) is 20.5 Å². The number of aryl methyl sites for hydroxylation is 2. The zero-order chi connectivity index (χ0) is 15.5. The molecule has 2 heterocycles. The van der Waals surface area contributed by atoms with E-state index in [9.17, 15) is 4.79 Å². The minimum atomic E-state index is -0.266. The average Bonchev–Trinajstić information content (AvgIpc) is 3.15. The SMILES string of the molecule is Cc1ccc(C2=NN(C(=O)NCc3nnc(C)o3)CC2)cc1. The largest absolute Gasteiger partial charge is 0.424 e. The lowest BCUT2D eigenvalue weighted by Gasteiger charge is -2.11. The van der Waals surface area contributed by atoms with Crippen LogP contribution in [-0.2, 0) is 6.54 Å². The lowest BCUT2D eigenvalue weighted by Crippen LogP contribution is -2.34. The second kappa shape index (κ2) is 5.97. The van der Waals surface area contributed by atoms with Crippen molar-refractivity contribution < 1.29 is 9.21 Å². The van der Waals surface area contributed by atoms with E-state index in [0.29, 0.717) is 18.3 Å². The molecule has 0 spiro atoms. The Balaban J connectivity index is 1.61. The summed E-state index contributed by atoms with van der Waals surface area (Å²) in [6, 6.07) is 7.86. The Kier molecular flexibility index (Phi) is 3.86. The summed E-state index contributed by atoms with van der Waals surface area (Å²) in [7, 11) is 0. The van der Waals surface area contributed by atoms with E-state index in [4.69, 9.17) is 4.42 Å². The molecule has 22 heavy (non-hydrogen) atoms. The molecule has 7 heteroatoms. The zero-order valence-corrected chi connectivity index (χ0v) is 12.5. The molecule has 0 radical (unpaired) electrons. The van der Waals surface area contributed by atoms with Crippen molar-refractivity contribution in [3.63, 3.8) is 0 Å². The molecule has 0 aliphatic carbocycles. The van der Waals surface area contributed by atoms with Crippen LogP contribution in [0, 0.1) is 13.8 Å². The molecule has 3 rings (SSSR count). The Bertz CT molecular complexity index is 705. The Labute approximate surface area is 128 Å². The second-order valence-corrected chi connectivity index (χ2v) is 5.16. The maximum atomic E-state index is 12.1. The highest BCUT2D eigenvalue weighted by atomic mass is 16.4. The maximum Gasteiger partial charge on any atom is 0.338 e. The number of rotatable bonds is 3. The fourth-order valence-corrected chi connectivity index (χ4v) is 2.20. The minimum Gasteiger partial charge on any atom is -0.424 e. The number of urea groups is 1. The first-order valence-electron chi connectivity index (χ1n) is 7.11.